The van der Waals surface area contributed by atoms with Gasteiger partial charge in [0.15, 0.2) is 11.6 Å². The van der Waals surface area contributed by atoms with Gasteiger partial charge in [-0.3, -0.25) is 24.1 Å². The lowest BCUT2D eigenvalue weighted by Crippen LogP contribution is -2.58. The van der Waals surface area contributed by atoms with Gasteiger partial charge in [0.25, 0.3) is 0 Å². The largest absolute Gasteiger partial charge is 0.508 e. The topological polar surface area (TPSA) is 91.8 Å². The number of anilines is 1. The van der Waals surface area contributed by atoms with Gasteiger partial charge in [-0.15, -0.1) is 0 Å². The Morgan fingerprint density at radius 2 is 1.40 bits per heavy atom. The fourth-order valence-electron chi connectivity index (χ4n) is 8.76. The molecule has 1 saturated heterocycles. The van der Waals surface area contributed by atoms with E-state index in [1.54, 1.807) is 48.5 Å². The van der Waals surface area contributed by atoms with Crippen molar-refractivity contribution in [1.82, 2.24) is 0 Å². The zero-order chi connectivity index (χ0) is 32.4. The summed E-state index contributed by atoms with van der Waals surface area (Å²) in [6, 6.07) is 32.7. The molecule has 0 aromatic heterocycles. The molecule has 1 heterocycles. The Hall–Kier alpha value is -4.88. The number of carbonyl (C=O) groups excluding carboxylic acids is 4. The average molecular weight is 685 g/mol. The minimum absolute atomic E-state index is 0.0862. The first kappa shape index (κ1) is 29.5. The Morgan fingerprint density at radius 1 is 0.745 bits per heavy atom. The summed E-state index contributed by atoms with van der Waals surface area (Å²) in [5.74, 6) is -3.84. The number of fused-ring (bicyclic) bond motifs is 4. The molecule has 2 fully saturated rings. The molecule has 4 aromatic carbocycles. The van der Waals surface area contributed by atoms with Gasteiger partial charge in [-0.1, -0.05) is 100 Å². The molecular weight excluding hydrogens is 654 g/mol. The van der Waals surface area contributed by atoms with E-state index in [0.29, 0.717) is 23.2 Å². The van der Waals surface area contributed by atoms with E-state index >= 15 is 0 Å². The molecule has 1 aliphatic heterocycles. The van der Waals surface area contributed by atoms with Gasteiger partial charge in [-0.25, -0.2) is 0 Å². The van der Waals surface area contributed by atoms with Crippen molar-refractivity contribution in [3.63, 3.8) is 0 Å². The van der Waals surface area contributed by atoms with Crippen LogP contribution in [0.2, 0.25) is 0 Å². The number of hydrogen-bond donors (Lipinski definition) is 1. The highest BCUT2D eigenvalue weighted by molar-refractivity contribution is 9.10. The van der Waals surface area contributed by atoms with Crippen molar-refractivity contribution in [1.29, 1.82) is 0 Å². The maximum atomic E-state index is 15.0. The molecule has 6 nitrogen and oxygen atoms in total. The fourth-order valence-corrected chi connectivity index (χ4v) is 9.03. The second-order valence-electron chi connectivity index (χ2n) is 12.9. The molecule has 1 N–H and O–H groups in total. The lowest BCUT2D eigenvalue weighted by Gasteiger charge is -2.55. The summed E-state index contributed by atoms with van der Waals surface area (Å²) in [5, 5.41) is 10.3. The van der Waals surface area contributed by atoms with Crippen LogP contribution in [0.15, 0.2) is 131 Å². The molecule has 0 spiro atoms. The third-order valence-corrected chi connectivity index (χ3v) is 11.2. The van der Waals surface area contributed by atoms with Crippen LogP contribution in [-0.4, -0.2) is 28.5 Å². The zero-order valence-corrected chi connectivity index (χ0v) is 26.8. The first-order chi connectivity index (χ1) is 22.8. The number of nitrogens with zero attached hydrogens (tertiary/aromatic N) is 1. The molecule has 0 bridgehead atoms. The quantitative estimate of drug-likeness (QED) is 0.182. The van der Waals surface area contributed by atoms with Crippen LogP contribution in [0.4, 0.5) is 5.69 Å². The van der Waals surface area contributed by atoms with Crippen LogP contribution in [0.1, 0.15) is 35.4 Å². The number of phenols is 1. The van der Waals surface area contributed by atoms with Crippen molar-refractivity contribution in [2.75, 3.05) is 4.90 Å². The van der Waals surface area contributed by atoms with Gasteiger partial charge in [0.2, 0.25) is 11.8 Å². The monoisotopic (exact) mass is 683 g/mol. The number of halogens is 1. The van der Waals surface area contributed by atoms with Gasteiger partial charge in [-0.05, 0) is 77.9 Å². The van der Waals surface area contributed by atoms with Gasteiger partial charge in [0, 0.05) is 21.9 Å². The number of aromatic hydroxyl groups is 1. The Labute approximate surface area is 280 Å². The number of benzene rings is 4. The number of ketones is 2. The van der Waals surface area contributed by atoms with Crippen molar-refractivity contribution in [3.8, 4) is 5.75 Å². The van der Waals surface area contributed by atoms with Crippen molar-refractivity contribution in [2.24, 2.45) is 23.7 Å². The van der Waals surface area contributed by atoms with E-state index in [4.69, 9.17) is 0 Å². The number of Topliss-reactive ketones (excluding diaryl/α,β-unsaturated/α-hetero) is 1. The highest BCUT2D eigenvalue weighted by Gasteiger charge is 2.66. The summed E-state index contributed by atoms with van der Waals surface area (Å²) in [4.78, 5) is 59.5. The molecule has 3 aliphatic carbocycles. The number of phenolic OH excluding ortho intramolecular Hbond substituents is 1. The third-order valence-electron chi connectivity index (χ3n) is 10.7. The maximum Gasteiger partial charge on any atom is 0.238 e. The van der Waals surface area contributed by atoms with E-state index in [0.717, 1.165) is 21.2 Å². The van der Waals surface area contributed by atoms with Crippen LogP contribution in [0, 0.1) is 23.7 Å². The molecule has 7 heteroatoms. The van der Waals surface area contributed by atoms with Gasteiger partial charge >= 0.3 is 0 Å². The van der Waals surface area contributed by atoms with Gasteiger partial charge in [-0.2, -0.15) is 0 Å². The lowest BCUT2D eigenvalue weighted by atomic mass is 9.44. The van der Waals surface area contributed by atoms with E-state index in [1.807, 2.05) is 60.7 Å². The van der Waals surface area contributed by atoms with Crippen LogP contribution in [-0.2, 0) is 24.6 Å². The predicted molar refractivity (Wildman–Crippen MR) is 181 cm³/mol. The minimum Gasteiger partial charge on any atom is -0.508 e. The number of imide groups is 1. The van der Waals surface area contributed by atoms with Crippen LogP contribution in [0.3, 0.4) is 0 Å². The van der Waals surface area contributed by atoms with Crippen LogP contribution >= 0.6 is 15.9 Å². The Bertz CT molecular complexity index is 2000. The molecule has 232 valence electrons. The molecule has 47 heavy (non-hydrogen) atoms. The van der Waals surface area contributed by atoms with E-state index in [-0.39, 0.29) is 35.6 Å². The Kier molecular flexibility index (Phi) is 6.99. The molecule has 4 aromatic rings. The first-order valence-corrected chi connectivity index (χ1v) is 16.6. The summed E-state index contributed by atoms with van der Waals surface area (Å²) in [7, 11) is 0. The number of carbonyl (C=O) groups is 4. The third kappa shape index (κ3) is 4.36. The molecule has 4 aliphatic rings. The summed E-state index contributed by atoms with van der Waals surface area (Å²) >= 11 is 3.44. The van der Waals surface area contributed by atoms with Crippen molar-refractivity contribution < 1.29 is 24.3 Å². The molecule has 0 radical (unpaired) electrons. The molecule has 8 rings (SSSR count). The maximum absolute atomic E-state index is 15.0. The second-order valence-corrected chi connectivity index (χ2v) is 13.8. The normalized spacial score (nSPS) is 28.3. The molecule has 6 atom stereocenters. The smallest absolute Gasteiger partial charge is 0.238 e. The second kappa shape index (κ2) is 11.1. The Balaban J connectivity index is 1.35. The summed E-state index contributed by atoms with van der Waals surface area (Å²) in [6.07, 6.45) is 4.17. The highest BCUT2D eigenvalue weighted by Crippen LogP contribution is 2.63. The summed E-state index contributed by atoms with van der Waals surface area (Å²) in [6.45, 7) is 0. The zero-order valence-electron chi connectivity index (χ0n) is 25.3. The lowest BCUT2D eigenvalue weighted by molar-refractivity contribution is -0.135. The predicted octanol–water partition coefficient (Wildman–Crippen LogP) is 7.18. The highest BCUT2D eigenvalue weighted by atomic mass is 79.9. The summed E-state index contributed by atoms with van der Waals surface area (Å²) in [5.41, 5.74) is 2.66. The SMILES string of the molecule is O=C1C(c2ccccc2)=CC(=O)[C@@]2(c3ccccc3)[C@@H](c3ccc(O)cc3)C3=CC[C@@H]4C(=O)N(c5ccc(Br)cc5)C(=O)[C@@H]4[C@@H]3C[C@@H]12. The number of hydrogen-bond acceptors (Lipinski definition) is 5. The van der Waals surface area contributed by atoms with E-state index in [2.05, 4.69) is 22.0 Å². The number of rotatable bonds is 4. The van der Waals surface area contributed by atoms with Gasteiger partial charge < -0.3 is 5.11 Å². The van der Waals surface area contributed by atoms with Crippen molar-refractivity contribution >= 4 is 50.6 Å². The first-order valence-electron chi connectivity index (χ1n) is 15.8. The van der Waals surface area contributed by atoms with Gasteiger partial charge in [0.1, 0.15) is 5.75 Å². The minimum atomic E-state index is -1.29. The van der Waals surface area contributed by atoms with Crippen molar-refractivity contribution in [3.05, 3.63) is 148 Å². The van der Waals surface area contributed by atoms with Crippen molar-refractivity contribution in [2.45, 2.75) is 24.2 Å². The average Bonchev–Trinajstić information content (AvgIpc) is 3.36. The van der Waals surface area contributed by atoms with Gasteiger partial charge in [0.05, 0.1) is 22.9 Å². The van der Waals surface area contributed by atoms with Crippen LogP contribution < -0.4 is 4.90 Å². The molecule has 1 saturated carbocycles. The van der Waals surface area contributed by atoms with E-state index < -0.39 is 35.0 Å². The van der Waals surface area contributed by atoms with Crippen LogP contribution in [0.5, 0.6) is 5.75 Å². The standard InChI is InChI=1S/C40H30BrNO5/c41-26-13-15-27(16-14-26)42-38(46)30-20-19-29-32(35(30)39(42)47)21-33-37(45)31(23-7-3-1-4-8-23)22-34(44)40(33,25-9-5-2-6-10-25)36(29)24-11-17-28(43)18-12-24/h1-19,22,30,32-33,35-36,43H,20-21H2/t30-,32+,33-,35-,36-,40-/m0/s1. The number of allylic oxidation sites excluding steroid dienone is 4. The van der Waals surface area contributed by atoms with E-state index in [1.165, 1.54) is 11.0 Å². The molecular formula is C40H30BrNO5. The molecule has 0 unspecified atom stereocenters. The van der Waals surface area contributed by atoms with E-state index in [9.17, 15) is 24.3 Å². The molecule has 2 amide bonds. The fraction of sp³-hybridized carbons (Fsp3) is 0.200. The number of amides is 2. The summed E-state index contributed by atoms with van der Waals surface area (Å²) < 4.78 is 0.839. The Morgan fingerprint density at radius 3 is 2.09 bits per heavy atom. The van der Waals surface area contributed by atoms with Crippen LogP contribution in [0.25, 0.3) is 5.57 Å².